The molecule has 0 aliphatic heterocycles. The summed E-state index contributed by atoms with van der Waals surface area (Å²) in [5.74, 6) is -1.41. The molecule has 0 rings (SSSR count). The Labute approximate surface area is 104 Å². The molecule has 18 heavy (non-hydrogen) atoms. The molecule has 0 atom stereocenters. The van der Waals surface area contributed by atoms with E-state index in [9.17, 15) is 14.8 Å². The third-order valence-electron chi connectivity index (χ3n) is 1.86. The molecule has 0 bridgehead atoms. The number of hydrogen-bond donors (Lipinski definition) is 1. The number of ether oxygens (including phenoxy) is 1. The van der Waals surface area contributed by atoms with E-state index in [1.165, 1.54) is 19.0 Å². The first-order valence-corrected chi connectivity index (χ1v) is 5.30. The highest BCUT2D eigenvalue weighted by Gasteiger charge is 2.07. The quantitative estimate of drug-likeness (QED) is 0.161. The van der Waals surface area contributed by atoms with Crippen molar-refractivity contribution >= 4 is 11.9 Å². The topological polar surface area (TPSA) is 114 Å². The number of esters is 1. The predicted octanol–water partition coefficient (Wildman–Crippen LogP) is 0.503. The molecule has 0 radical (unpaired) electrons. The minimum atomic E-state index is -0.869. The van der Waals surface area contributed by atoms with Gasteiger partial charge in [-0.05, 0) is 12.8 Å². The van der Waals surface area contributed by atoms with Crippen molar-refractivity contribution in [3.63, 3.8) is 0 Å². The molecule has 9 heteroatoms. The van der Waals surface area contributed by atoms with E-state index >= 15 is 0 Å². The van der Waals surface area contributed by atoms with Crippen molar-refractivity contribution in [3.8, 4) is 0 Å². The number of carboxylic acids is 1. The summed E-state index contributed by atoms with van der Waals surface area (Å²) in [4.78, 5) is 25.2. The Morgan fingerprint density at radius 2 is 2.11 bits per heavy atom. The fraction of sp³-hybridized carbons (Fsp3) is 0.778. The maximum absolute atomic E-state index is 11.2. The van der Waals surface area contributed by atoms with Crippen LogP contribution < -0.4 is 0 Å². The van der Waals surface area contributed by atoms with Gasteiger partial charge in [-0.1, -0.05) is 0 Å². The molecular formula is C9H17N3O6. The lowest BCUT2D eigenvalue weighted by Crippen LogP contribution is -2.27. The first-order valence-electron chi connectivity index (χ1n) is 5.30. The van der Waals surface area contributed by atoms with Crippen LogP contribution in [0.25, 0.3) is 0 Å². The number of unbranched alkanes of at least 4 members (excludes halogenated alkanes) is 1. The zero-order valence-corrected chi connectivity index (χ0v) is 10.4. The van der Waals surface area contributed by atoms with Crippen molar-refractivity contribution in [1.82, 2.24) is 5.01 Å². The molecule has 104 valence electrons. The second-order valence-electron chi connectivity index (χ2n) is 3.45. The summed E-state index contributed by atoms with van der Waals surface area (Å²) in [6, 6.07) is 0. The number of nitrogens with zero attached hydrogens (tertiary/aromatic N) is 3. The first kappa shape index (κ1) is 15.9. The Hall–Kier alpha value is -2.06. The molecule has 0 aromatic heterocycles. The van der Waals surface area contributed by atoms with Crippen LogP contribution in [0.1, 0.15) is 26.2 Å². The molecule has 0 amide bonds. The molecule has 0 aromatic carbocycles. The van der Waals surface area contributed by atoms with Gasteiger partial charge in [0.1, 0.15) is 0 Å². The first-order chi connectivity index (χ1) is 8.43. The summed E-state index contributed by atoms with van der Waals surface area (Å²) < 4.78 is 4.39. The van der Waals surface area contributed by atoms with E-state index in [1.54, 1.807) is 0 Å². The normalized spacial score (nSPS) is 10.9. The lowest BCUT2D eigenvalue weighted by molar-refractivity contribution is -0.706. The van der Waals surface area contributed by atoms with E-state index in [-0.39, 0.29) is 11.4 Å². The van der Waals surface area contributed by atoms with E-state index in [0.29, 0.717) is 19.4 Å². The fourth-order valence-corrected chi connectivity index (χ4v) is 0.947. The number of hydrogen-bond acceptors (Lipinski definition) is 6. The van der Waals surface area contributed by atoms with Crippen molar-refractivity contribution < 1.29 is 29.2 Å². The average molecular weight is 263 g/mol. The Morgan fingerprint density at radius 1 is 1.44 bits per heavy atom. The SMILES string of the molecule is CC(=O)OCON=[N+]([O-])N(C)CCCCC(=O)O. The Kier molecular flexibility index (Phi) is 7.99. The summed E-state index contributed by atoms with van der Waals surface area (Å²) in [5, 5.41) is 23.9. The van der Waals surface area contributed by atoms with Gasteiger partial charge in [0.15, 0.2) is 0 Å². The lowest BCUT2D eigenvalue weighted by atomic mass is 10.2. The number of carboxylic acid groups (broad SMARTS) is 1. The highest BCUT2D eigenvalue weighted by molar-refractivity contribution is 5.66. The summed E-state index contributed by atoms with van der Waals surface area (Å²) >= 11 is 0. The monoisotopic (exact) mass is 263 g/mol. The predicted molar refractivity (Wildman–Crippen MR) is 57.9 cm³/mol. The molecule has 0 spiro atoms. The van der Waals surface area contributed by atoms with E-state index < -0.39 is 18.7 Å². The average Bonchev–Trinajstić information content (AvgIpc) is 2.29. The Balaban J connectivity index is 3.73. The van der Waals surface area contributed by atoms with Gasteiger partial charge in [-0.3, -0.25) is 9.59 Å². The van der Waals surface area contributed by atoms with Crippen LogP contribution in [-0.4, -0.2) is 47.4 Å². The molecule has 0 unspecified atom stereocenters. The molecule has 0 fully saturated rings. The number of hydrazine groups is 1. The van der Waals surface area contributed by atoms with Gasteiger partial charge in [0.25, 0.3) is 6.79 Å². The van der Waals surface area contributed by atoms with E-state index in [2.05, 4.69) is 14.9 Å². The van der Waals surface area contributed by atoms with Crippen LogP contribution in [0.4, 0.5) is 0 Å². The highest BCUT2D eigenvalue weighted by atomic mass is 16.8. The van der Waals surface area contributed by atoms with Crippen molar-refractivity contribution in [2.45, 2.75) is 26.2 Å². The highest BCUT2D eigenvalue weighted by Crippen LogP contribution is 1.98. The van der Waals surface area contributed by atoms with Crippen LogP contribution in [0.3, 0.4) is 0 Å². The number of rotatable bonds is 9. The molecular weight excluding hydrogens is 246 g/mol. The standard InChI is InChI=1S/C9H17N3O6/c1-8(13)17-7-18-10-12(16)11(2)6-4-3-5-9(14)15/h3-7H2,1-2H3,(H,14,15). The summed E-state index contributed by atoms with van der Waals surface area (Å²) in [7, 11) is 1.48. The zero-order chi connectivity index (χ0) is 14.0. The zero-order valence-electron chi connectivity index (χ0n) is 10.4. The summed E-state index contributed by atoms with van der Waals surface area (Å²) in [6.45, 7) is 1.12. The van der Waals surface area contributed by atoms with Crippen LogP contribution in [0.5, 0.6) is 0 Å². The molecule has 9 nitrogen and oxygen atoms in total. The minimum absolute atomic E-state index is 0.0623. The molecule has 0 heterocycles. The molecule has 0 aromatic rings. The molecule has 0 aliphatic rings. The summed E-state index contributed by atoms with van der Waals surface area (Å²) in [5.41, 5.74) is 0. The van der Waals surface area contributed by atoms with Gasteiger partial charge in [-0.25, -0.2) is 0 Å². The Bertz CT molecular complexity index is 307. The molecule has 0 saturated heterocycles. The van der Waals surface area contributed by atoms with Crippen molar-refractivity contribution in [3.05, 3.63) is 5.21 Å². The van der Waals surface area contributed by atoms with Gasteiger partial charge in [0, 0.05) is 13.3 Å². The maximum atomic E-state index is 11.2. The third-order valence-corrected chi connectivity index (χ3v) is 1.86. The minimum Gasteiger partial charge on any atom is -0.569 e. The lowest BCUT2D eigenvalue weighted by Gasteiger charge is -2.12. The van der Waals surface area contributed by atoms with Crippen molar-refractivity contribution in [1.29, 1.82) is 0 Å². The second kappa shape index (κ2) is 9.02. The number of aliphatic carboxylic acids is 1. The van der Waals surface area contributed by atoms with Crippen LogP contribution in [0, 0.1) is 5.21 Å². The molecule has 1 N–H and O–H groups in total. The summed E-state index contributed by atoms with van der Waals surface area (Å²) in [6.07, 6.45) is 1.08. The third kappa shape index (κ3) is 9.19. The Morgan fingerprint density at radius 3 is 2.67 bits per heavy atom. The molecule has 0 saturated carbocycles. The smallest absolute Gasteiger partial charge is 0.305 e. The van der Waals surface area contributed by atoms with Crippen molar-refractivity contribution in [2.75, 3.05) is 20.4 Å². The van der Waals surface area contributed by atoms with Gasteiger partial charge in [-0.15, -0.1) is 5.01 Å². The van der Waals surface area contributed by atoms with Crippen molar-refractivity contribution in [2.24, 2.45) is 5.28 Å². The number of carbonyl (C=O) groups is 2. The maximum Gasteiger partial charge on any atom is 0.305 e. The van der Waals surface area contributed by atoms with Gasteiger partial charge in [0.05, 0.1) is 18.6 Å². The van der Waals surface area contributed by atoms with E-state index in [0.717, 1.165) is 0 Å². The van der Waals surface area contributed by atoms with Gasteiger partial charge in [0.2, 0.25) is 5.28 Å². The van der Waals surface area contributed by atoms with Gasteiger partial charge < -0.3 is 19.9 Å². The van der Waals surface area contributed by atoms with Crippen LogP contribution >= 0.6 is 0 Å². The fourth-order valence-electron chi connectivity index (χ4n) is 0.947. The second-order valence-corrected chi connectivity index (χ2v) is 3.45. The van der Waals surface area contributed by atoms with Crippen LogP contribution in [0.2, 0.25) is 0 Å². The van der Waals surface area contributed by atoms with Gasteiger partial charge >= 0.3 is 11.9 Å². The van der Waals surface area contributed by atoms with Crippen LogP contribution in [-0.2, 0) is 19.2 Å². The van der Waals surface area contributed by atoms with E-state index in [4.69, 9.17) is 5.11 Å². The number of carbonyl (C=O) groups excluding carboxylic acids is 1. The largest absolute Gasteiger partial charge is 0.569 e. The van der Waals surface area contributed by atoms with E-state index in [1.807, 2.05) is 0 Å². The molecule has 0 aliphatic carbocycles. The van der Waals surface area contributed by atoms with Crippen LogP contribution in [0.15, 0.2) is 5.28 Å². The van der Waals surface area contributed by atoms with Gasteiger partial charge in [-0.2, -0.15) is 0 Å².